The second-order valence-electron chi connectivity index (χ2n) is 8.61. The maximum absolute atomic E-state index is 13.8. The number of ether oxygens (including phenoxy) is 1. The van der Waals surface area contributed by atoms with Crippen LogP contribution >= 0.6 is 0 Å². The van der Waals surface area contributed by atoms with Gasteiger partial charge in [0.2, 0.25) is 5.95 Å². The molecule has 1 atom stereocenters. The van der Waals surface area contributed by atoms with Crippen molar-refractivity contribution >= 4 is 17.7 Å². The Hall–Kier alpha value is -4.19. The first-order valence-corrected chi connectivity index (χ1v) is 11.3. The van der Waals surface area contributed by atoms with E-state index in [1.54, 1.807) is 53.1 Å². The van der Waals surface area contributed by atoms with Crippen molar-refractivity contribution in [3.8, 4) is 5.82 Å². The summed E-state index contributed by atoms with van der Waals surface area (Å²) in [6.07, 6.45) is 5.61. The van der Waals surface area contributed by atoms with Gasteiger partial charge in [-0.25, -0.2) is 18.4 Å². The van der Waals surface area contributed by atoms with E-state index < -0.39 is 11.6 Å². The van der Waals surface area contributed by atoms with Crippen LogP contribution in [0.5, 0.6) is 0 Å². The number of rotatable bonds is 7. The third-order valence-corrected chi connectivity index (χ3v) is 6.07. The lowest BCUT2D eigenvalue weighted by atomic mass is 9.98. The molecule has 36 heavy (non-hydrogen) atoms. The van der Waals surface area contributed by atoms with E-state index in [4.69, 9.17) is 4.74 Å². The minimum absolute atomic E-state index is 0.0989. The summed E-state index contributed by atoms with van der Waals surface area (Å²) in [4.78, 5) is 24.0. The summed E-state index contributed by atoms with van der Waals surface area (Å²) in [7, 11) is 3.35. The highest BCUT2D eigenvalue weighted by molar-refractivity contribution is 5.95. The van der Waals surface area contributed by atoms with Gasteiger partial charge in [0.25, 0.3) is 5.91 Å². The molecule has 0 bridgehead atoms. The molecule has 1 amide bonds. The molecular weight excluding hydrogens is 470 g/mol. The summed E-state index contributed by atoms with van der Waals surface area (Å²) in [6, 6.07) is 5.12. The van der Waals surface area contributed by atoms with Crippen LogP contribution in [0.15, 0.2) is 42.9 Å². The van der Waals surface area contributed by atoms with E-state index in [1.807, 2.05) is 6.92 Å². The molecule has 1 unspecified atom stereocenters. The molecule has 3 aromatic heterocycles. The summed E-state index contributed by atoms with van der Waals surface area (Å²) in [5, 5.41) is 11.8. The normalized spacial score (nSPS) is 15.3. The van der Waals surface area contributed by atoms with Crippen molar-refractivity contribution in [3.63, 3.8) is 0 Å². The number of aromatic nitrogens is 6. The fourth-order valence-corrected chi connectivity index (χ4v) is 4.23. The van der Waals surface area contributed by atoms with Gasteiger partial charge < -0.3 is 15.0 Å². The monoisotopic (exact) mass is 494 g/mol. The zero-order chi connectivity index (χ0) is 25.4. The number of benzene rings is 1. The van der Waals surface area contributed by atoms with E-state index >= 15 is 0 Å². The molecule has 0 saturated carbocycles. The SMILES string of the molecule is COCC1Cc2cn(-c3nc(Nc4ccnn4C)ncc3C)nc2C(=O)N1Cc1ccc(F)c(F)c1. The molecule has 0 radical (unpaired) electrons. The van der Waals surface area contributed by atoms with Crippen molar-refractivity contribution in [2.24, 2.45) is 7.05 Å². The van der Waals surface area contributed by atoms with Crippen LogP contribution in [0, 0.1) is 18.6 Å². The summed E-state index contributed by atoms with van der Waals surface area (Å²) in [5.74, 6) is -0.615. The first kappa shape index (κ1) is 23.5. The van der Waals surface area contributed by atoms with Crippen LogP contribution in [0.2, 0.25) is 0 Å². The lowest BCUT2D eigenvalue weighted by Crippen LogP contribution is -2.47. The number of amides is 1. The summed E-state index contributed by atoms with van der Waals surface area (Å²) in [6.45, 7) is 2.24. The quantitative estimate of drug-likeness (QED) is 0.421. The van der Waals surface area contributed by atoms with Crippen LogP contribution in [0.25, 0.3) is 5.82 Å². The molecule has 0 aliphatic carbocycles. The first-order valence-electron chi connectivity index (χ1n) is 11.3. The maximum atomic E-state index is 13.8. The molecule has 4 heterocycles. The van der Waals surface area contributed by atoms with Gasteiger partial charge in [-0.2, -0.15) is 15.2 Å². The predicted molar refractivity (Wildman–Crippen MR) is 126 cm³/mol. The van der Waals surface area contributed by atoms with Crippen LogP contribution < -0.4 is 5.32 Å². The van der Waals surface area contributed by atoms with Crippen molar-refractivity contribution in [1.82, 2.24) is 34.4 Å². The summed E-state index contributed by atoms with van der Waals surface area (Å²) in [5.41, 5.74) is 2.28. The van der Waals surface area contributed by atoms with Gasteiger partial charge in [-0.1, -0.05) is 6.07 Å². The number of aryl methyl sites for hydroxylation is 2. The molecule has 10 nitrogen and oxygen atoms in total. The number of hydrogen-bond acceptors (Lipinski definition) is 7. The number of anilines is 2. The van der Waals surface area contributed by atoms with E-state index in [0.29, 0.717) is 23.8 Å². The molecule has 1 aromatic carbocycles. The Labute approximate surface area is 205 Å². The minimum Gasteiger partial charge on any atom is -0.383 e. The number of hydrogen-bond donors (Lipinski definition) is 1. The van der Waals surface area contributed by atoms with Gasteiger partial charge in [0.1, 0.15) is 5.82 Å². The second-order valence-corrected chi connectivity index (χ2v) is 8.61. The van der Waals surface area contributed by atoms with Crippen LogP contribution in [-0.2, 0) is 24.8 Å². The first-order chi connectivity index (χ1) is 17.3. The molecular formula is C24H24F2N8O2. The fourth-order valence-electron chi connectivity index (χ4n) is 4.23. The number of fused-ring (bicyclic) bond motifs is 1. The standard InChI is InChI=1S/C24H24F2N8O2/c1-14-10-27-24(29-20-6-7-28-32(20)2)30-22(14)34-12-16-9-17(13-36-3)33(23(35)21(16)31-34)11-15-4-5-18(25)19(26)8-15/h4-8,10,12,17H,9,11,13H2,1-3H3,(H,27,29,30). The van der Waals surface area contributed by atoms with Crippen molar-refractivity contribution in [2.75, 3.05) is 19.0 Å². The van der Waals surface area contributed by atoms with E-state index in [9.17, 15) is 13.6 Å². The van der Waals surface area contributed by atoms with Crippen molar-refractivity contribution in [2.45, 2.75) is 25.9 Å². The molecule has 1 aliphatic heterocycles. The van der Waals surface area contributed by atoms with Crippen molar-refractivity contribution < 1.29 is 18.3 Å². The Morgan fingerprint density at radius 3 is 2.78 bits per heavy atom. The maximum Gasteiger partial charge on any atom is 0.275 e. The van der Waals surface area contributed by atoms with Gasteiger partial charge >= 0.3 is 0 Å². The highest BCUT2D eigenvalue weighted by atomic mass is 19.2. The fraction of sp³-hybridized carbons (Fsp3) is 0.292. The largest absolute Gasteiger partial charge is 0.383 e. The molecule has 0 spiro atoms. The zero-order valence-corrected chi connectivity index (χ0v) is 19.9. The van der Waals surface area contributed by atoms with Gasteiger partial charge in [-0.15, -0.1) is 0 Å². The average molecular weight is 495 g/mol. The number of carbonyl (C=O) groups excluding carboxylic acids is 1. The van der Waals surface area contributed by atoms with Crippen LogP contribution in [0.4, 0.5) is 20.5 Å². The molecule has 186 valence electrons. The van der Waals surface area contributed by atoms with E-state index in [1.165, 1.54) is 6.07 Å². The molecule has 0 fully saturated rings. The predicted octanol–water partition coefficient (Wildman–Crippen LogP) is 2.94. The zero-order valence-electron chi connectivity index (χ0n) is 19.9. The van der Waals surface area contributed by atoms with Gasteiger partial charge in [0.05, 0.1) is 18.8 Å². The minimum atomic E-state index is -0.958. The van der Waals surface area contributed by atoms with Gasteiger partial charge in [0.15, 0.2) is 23.1 Å². The molecule has 4 aromatic rings. The highest BCUT2D eigenvalue weighted by Crippen LogP contribution is 2.27. The van der Waals surface area contributed by atoms with Crippen LogP contribution in [0.3, 0.4) is 0 Å². The third-order valence-electron chi connectivity index (χ3n) is 6.07. The summed E-state index contributed by atoms with van der Waals surface area (Å²) >= 11 is 0. The Kier molecular flexibility index (Phi) is 6.18. The van der Waals surface area contributed by atoms with Gasteiger partial charge in [0, 0.05) is 50.3 Å². The number of nitrogens with one attached hydrogen (secondary N) is 1. The third kappa shape index (κ3) is 4.42. The Balaban J connectivity index is 1.46. The smallest absolute Gasteiger partial charge is 0.275 e. The molecule has 5 rings (SSSR count). The molecule has 12 heteroatoms. The Morgan fingerprint density at radius 1 is 1.22 bits per heavy atom. The van der Waals surface area contributed by atoms with Crippen molar-refractivity contribution in [1.29, 1.82) is 0 Å². The second kappa shape index (κ2) is 9.46. The molecule has 1 N–H and O–H groups in total. The summed E-state index contributed by atoms with van der Waals surface area (Å²) < 4.78 is 35.7. The van der Waals surface area contributed by atoms with Gasteiger partial charge in [-0.05, 0) is 31.0 Å². The topological polar surface area (TPSA) is 103 Å². The Bertz CT molecular complexity index is 1430. The van der Waals surface area contributed by atoms with E-state index in [2.05, 4.69) is 25.5 Å². The van der Waals surface area contributed by atoms with E-state index in [-0.39, 0.29) is 30.8 Å². The molecule has 1 aliphatic rings. The number of halogens is 2. The number of nitrogens with zero attached hydrogens (tertiary/aromatic N) is 7. The van der Waals surface area contributed by atoms with Gasteiger partial charge in [-0.3, -0.25) is 9.48 Å². The Morgan fingerprint density at radius 2 is 2.06 bits per heavy atom. The number of methoxy groups -OCH3 is 1. The molecule has 0 saturated heterocycles. The number of carbonyl (C=O) groups is 1. The van der Waals surface area contributed by atoms with E-state index in [0.717, 1.165) is 29.1 Å². The lowest BCUT2D eigenvalue weighted by Gasteiger charge is -2.34. The van der Waals surface area contributed by atoms with Crippen LogP contribution in [0.1, 0.15) is 27.2 Å². The van der Waals surface area contributed by atoms with Crippen LogP contribution in [-0.4, -0.2) is 60.1 Å². The lowest BCUT2D eigenvalue weighted by molar-refractivity contribution is 0.0465. The highest BCUT2D eigenvalue weighted by Gasteiger charge is 2.35. The van der Waals surface area contributed by atoms with Crippen molar-refractivity contribution in [3.05, 3.63) is 76.9 Å². The average Bonchev–Trinajstić information content (AvgIpc) is 3.46.